The van der Waals surface area contributed by atoms with Crippen LogP contribution in [0, 0.1) is 5.92 Å². The van der Waals surface area contributed by atoms with Crippen LogP contribution in [0.5, 0.6) is 0 Å². The van der Waals surface area contributed by atoms with Crippen molar-refractivity contribution < 1.29 is 15.0 Å². The molecule has 0 aromatic heterocycles. The molecule has 1 fully saturated rings. The van der Waals surface area contributed by atoms with Gasteiger partial charge in [0.2, 0.25) is 0 Å². The van der Waals surface area contributed by atoms with Crippen molar-refractivity contribution in [2.45, 2.75) is 31.5 Å². The van der Waals surface area contributed by atoms with E-state index < -0.39 is 12.2 Å². The zero-order valence-corrected chi connectivity index (χ0v) is 11.9. The quantitative estimate of drug-likeness (QED) is 0.797. The van der Waals surface area contributed by atoms with E-state index in [0.717, 1.165) is 18.5 Å². The zero-order valence-electron chi connectivity index (χ0n) is 11.9. The molecule has 0 spiro atoms. The Labute approximate surface area is 120 Å². The topological polar surface area (TPSA) is 60.8 Å². The second-order valence-corrected chi connectivity index (χ2v) is 5.80. The van der Waals surface area contributed by atoms with Gasteiger partial charge >= 0.3 is 0 Å². The van der Waals surface area contributed by atoms with Crippen LogP contribution in [0.25, 0.3) is 0 Å². The van der Waals surface area contributed by atoms with Gasteiger partial charge in [0.25, 0.3) is 0 Å². The second kappa shape index (κ2) is 6.97. The Morgan fingerprint density at radius 2 is 1.90 bits per heavy atom. The zero-order chi connectivity index (χ0) is 14.5. The highest BCUT2D eigenvalue weighted by molar-refractivity contribution is 5.97. The fourth-order valence-electron chi connectivity index (χ4n) is 2.85. The number of likely N-dealkylation sites (N-methyl/N-ethyl adjacent to an activating group) is 1. The minimum Gasteiger partial charge on any atom is -0.390 e. The van der Waals surface area contributed by atoms with Gasteiger partial charge in [-0.25, -0.2) is 0 Å². The van der Waals surface area contributed by atoms with Crippen molar-refractivity contribution in [1.82, 2.24) is 4.90 Å². The van der Waals surface area contributed by atoms with Gasteiger partial charge in [-0.15, -0.1) is 0 Å². The van der Waals surface area contributed by atoms with Crippen molar-refractivity contribution in [3.8, 4) is 0 Å². The number of Topliss-reactive ketones (excluding diaryl/α,β-unsaturated/α-hetero) is 1. The Morgan fingerprint density at radius 3 is 2.55 bits per heavy atom. The Balaban J connectivity index is 1.81. The number of carbonyl (C=O) groups is 1. The molecule has 1 unspecified atom stereocenters. The third-order valence-electron chi connectivity index (χ3n) is 3.97. The highest BCUT2D eigenvalue weighted by Gasteiger charge is 2.28. The second-order valence-electron chi connectivity index (χ2n) is 5.80. The molecule has 4 nitrogen and oxygen atoms in total. The smallest absolute Gasteiger partial charge is 0.176 e. The summed E-state index contributed by atoms with van der Waals surface area (Å²) >= 11 is 0. The Kier molecular flexibility index (Phi) is 5.29. The van der Waals surface area contributed by atoms with Gasteiger partial charge in [-0.3, -0.25) is 9.69 Å². The molecule has 1 aromatic carbocycles. The van der Waals surface area contributed by atoms with E-state index in [4.69, 9.17) is 0 Å². The van der Waals surface area contributed by atoms with Gasteiger partial charge < -0.3 is 10.2 Å². The van der Waals surface area contributed by atoms with Crippen LogP contribution in [0.15, 0.2) is 30.3 Å². The van der Waals surface area contributed by atoms with Crippen molar-refractivity contribution in [2.24, 2.45) is 5.92 Å². The van der Waals surface area contributed by atoms with Crippen molar-refractivity contribution in [3.63, 3.8) is 0 Å². The molecule has 1 aromatic rings. The lowest BCUT2D eigenvalue weighted by Gasteiger charge is -2.32. The van der Waals surface area contributed by atoms with Crippen LogP contribution in [0.1, 0.15) is 29.6 Å². The summed E-state index contributed by atoms with van der Waals surface area (Å²) < 4.78 is 0. The van der Waals surface area contributed by atoms with Crippen LogP contribution in [-0.4, -0.2) is 53.2 Å². The molecule has 0 heterocycles. The maximum Gasteiger partial charge on any atom is 0.176 e. The van der Waals surface area contributed by atoms with Crippen molar-refractivity contribution in [2.75, 3.05) is 20.1 Å². The molecule has 0 bridgehead atoms. The Morgan fingerprint density at radius 1 is 1.20 bits per heavy atom. The fourth-order valence-corrected chi connectivity index (χ4v) is 2.85. The van der Waals surface area contributed by atoms with Crippen LogP contribution in [-0.2, 0) is 0 Å². The number of aliphatic hydroxyl groups excluding tert-OH is 2. The fraction of sp³-hybridized carbons (Fsp3) is 0.562. The summed E-state index contributed by atoms with van der Waals surface area (Å²) in [5.74, 6) is 0.464. The molecule has 1 aliphatic rings. The minimum absolute atomic E-state index is 0.115. The van der Waals surface area contributed by atoms with Gasteiger partial charge in [0.15, 0.2) is 5.78 Å². The molecule has 0 amide bonds. The average molecular weight is 277 g/mol. The number of ketones is 1. The van der Waals surface area contributed by atoms with E-state index in [0.29, 0.717) is 25.3 Å². The number of benzene rings is 1. The first-order chi connectivity index (χ1) is 9.56. The maximum atomic E-state index is 12.1. The van der Waals surface area contributed by atoms with Gasteiger partial charge in [0, 0.05) is 12.1 Å². The third kappa shape index (κ3) is 4.13. The molecule has 0 radical (unpaired) electrons. The van der Waals surface area contributed by atoms with E-state index in [1.165, 1.54) is 0 Å². The third-order valence-corrected chi connectivity index (χ3v) is 3.97. The molecule has 1 aliphatic carbocycles. The SMILES string of the molecule is CN(CC(=O)c1ccccc1)CC1CC[C@@H](O)[C@@H](O)C1. The minimum atomic E-state index is -0.619. The standard InChI is InChI=1S/C16H23NO3/c1-17(10-12-7-8-14(18)15(19)9-12)11-16(20)13-5-3-2-4-6-13/h2-6,12,14-15,18-19H,7-11H2,1H3/t12?,14-,15+/m1/s1. The average Bonchev–Trinajstić information content (AvgIpc) is 2.44. The van der Waals surface area contributed by atoms with Crippen LogP contribution in [0.2, 0.25) is 0 Å². The van der Waals surface area contributed by atoms with Crippen LogP contribution in [0.3, 0.4) is 0 Å². The molecule has 110 valence electrons. The molecule has 0 aliphatic heterocycles. The summed E-state index contributed by atoms with van der Waals surface area (Å²) in [5.41, 5.74) is 0.735. The van der Waals surface area contributed by atoms with E-state index in [1.54, 1.807) is 0 Å². The van der Waals surface area contributed by atoms with Gasteiger partial charge in [0.05, 0.1) is 18.8 Å². The monoisotopic (exact) mass is 277 g/mol. The normalized spacial score (nSPS) is 26.7. The van der Waals surface area contributed by atoms with Crippen LogP contribution < -0.4 is 0 Å². The number of carbonyl (C=O) groups excluding carboxylic acids is 1. The summed E-state index contributed by atoms with van der Waals surface area (Å²) in [7, 11) is 1.93. The van der Waals surface area contributed by atoms with E-state index in [9.17, 15) is 15.0 Å². The van der Waals surface area contributed by atoms with E-state index in [1.807, 2.05) is 42.3 Å². The first-order valence-corrected chi connectivity index (χ1v) is 7.19. The van der Waals surface area contributed by atoms with Gasteiger partial charge in [-0.05, 0) is 32.2 Å². The molecule has 3 atom stereocenters. The molecule has 2 rings (SSSR count). The lowest BCUT2D eigenvalue weighted by atomic mass is 9.85. The summed E-state index contributed by atoms with van der Waals surface area (Å²) in [4.78, 5) is 14.1. The highest BCUT2D eigenvalue weighted by Crippen LogP contribution is 2.25. The van der Waals surface area contributed by atoms with Crippen LogP contribution in [0.4, 0.5) is 0 Å². The van der Waals surface area contributed by atoms with Crippen molar-refractivity contribution in [1.29, 1.82) is 0 Å². The predicted molar refractivity (Wildman–Crippen MR) is 77.6 cm³/mol. The number of hydrogen-bond donors (Lipinski definition) is 2. The first kappa shape index (κ1) is 15.2. The van der Waals surface area contributed by atoms with Gasteiger partial charge in [-0.2, -0.15) is 0 Å². The Hall–Kier alpha value is -1.23. The van der Waals surface area contributed by atoms with Crippen molar-refractivity contribution in [3.05, 3.63) is 35.9 Å². The summed E-state index contributed by atoms with van der Waals surface area (Å²) in [6.45, 7) is 1.17. The lowest BCUT2D eigenvalue weighted by Crippen LogP contribution is -2.39. The highest BCUT2D eigenvalue weighted by atomic mass is 16.3. The molecule has 2 N–H and O–H groups in total. The Bertz CT molecular complexity index is 435. The maximum absolute atomic E-state index is 12.1. The largest absolute Gasteiger partial charge is 0.390 e. The molecular formula is C16H23NO3. The van der Waals surface area contributed by atoms with E-state index >= 15 is 0 Å². The van der Waals surface area contributed by atoms with E-state index in [-0.39, 0.29) is 5.78 Å². The van der Waals surface area contributed by atoms with Gasteiger partial charge in [0.1, 0.15) is 0 Å². The predicted octanol–water partition coefficient (Wildman–Crippen LogP) is 1.32. The summed E-state index contributed by atoms with van der Waals surface area (Å²) in [5, 5.41) is 19.2. The first-order valence-electron chi connectivity index (χ1n) is 7.19. The van der Waals surface area contributed by atoms with E-state index in [2.05, 4.69) is 0 Å². The summed E-state index contributed by atoms with van der Waals surface area (Å²) in [6.07, 6.45) is 0.967. The van der Waals surface area contributed by atoms with Gasteiger partial charge in [-0.1, -0.05) is 30.3 Å². The van der Waals surface area contributed by atoms with Crippen LogP contribution >= 0.6 is 0 Å². The lowest BCUT2D eigenvalue weighted by molar-refractivity contribution is -0.0289. The molecule has 4 heteroatoms. The number of aliphatic hydroxyl groups is 2. The number of nitrogens with zero attached hydrogens (tertiary/aromatic N) is 1. The number of hydrogen-bond acceptors (Lipinski definition) is 4. The molecular weight excluding hydrogens is 254 g/mol. The molecule has 1 saturated carbocycles. The molecule has 20 heavy (non-hydrogen) atoms. The molecule has 0 saturated heterocycles. The number of rotatable bonds is 5. The van der Waals surface area contributed by atoms with Crippen molar-refractivity contribution >= 4 is 5.78 Å². The summed E-state index contributed by atoms with van der Waals surface area (Å²) in [6, 6.07) is 9.29.